The minimum Gasteiger partial charge on any atom is -0.347 e. The molecule has 0 bridgehead atoms. The number of carbonyl (C=O) groups excluding carboxylic acids is 2. The SMILES string of the molecule is O=C(NCc1ccc([N+](=O)[O-])cc1)C1=NN(Cc2ccccc2)C(=O)CC1. The van der Waals surface area contributed by atoms with Crippen molar-refractivity contribution < 1.29 is 14.5 Å². The number of carbonyl (C=O) groups is 2. The van der Waals surface area contributed by atoms with Crippen LogP contribution in [0.3, 0.4) is 0 Å². The van der Waals surface area contributed by atoms with Crippen LogP contribution in [0.25, 0.3) is 0 Å². The predicted molar refractivity (Wildman–Crippen MR) is 98.6 cm³/mol. The topological polar surface area (TPSA) is 105 Å². The van der Waals surface area contributed by atoms with Gasteiger partial charge in [-0.3, -0.25) is 19.7 Å². The summed E-state index contributed by atoms with van der Waals surface area (Å²) in [4.78, 5) is 34.6. The number of non-ortho nitro benzene ring substituents is 1. The molecule has 0 unspecified atom stereocenters. The summed E-state index contributed by atoms with van der Waals surface area (Å²) in [6.07, 6.45) is 0.521. The van der Waals surface area contributed by atoms with Crippen LogP contribution in [0.5, 0.6) is 0 Å². The Morgan fingerprint density at radius 3 is 2.44 bits per heavy atom. The number of benzene rings is 2. The molecule has 0 saturated carbocycles. The Kier molecular flexibility index (Phi) is 5.55. The highest BCUT2D eigenvalue weighted by molar-refractivity contribution is 6.39. The summed E-state index contributed by atoms with van der Waals surface area (Å²) in [6.45, 7) is 0.543. The third kappa shape index (κ3) is 4.75. The average molecular weight is 366 g/mol. The van der Waals surface area contributed by atoms with Crippen LogP contribution in [0.15, 0.2) is 59.7 Å². The molecule has 27 heavy (non-hydrogen) atoms. The number of rotatable bonds is 6. The number of hydrazone groups is 1. The molecule has 0 aliphatic carbocycles. The van der Waals surface area contributed by atoms with Crippen molar-refractivity contribution in [3.05, 3.63) is 75.8 Å². The summed E-state index contributed by atoms with van der Waals surface area (Å²) >= 11 is 0. The molecule has 0 atom stereocenters. The van der Waals surface area contributed by atoms with Gasteiger partial charge in [-0.2, -0.15) is 5.10 Å². The Morgan fingerprint density at radius 2 is 1.78 bits per heavy atom. The summed E-state index contributed by atoms with van der Waals surface area (Å²) in [5.41, 5.74) is 1.97. The van der Waals surface area contributed by atoms with Crippen molar-refractivity contribution in [3.63, 3.8) is 0 Å². The van der Waals surface area contributed by atoms with Gasteiger partial charge in [-0.05, 0) is 11.1 Å². The van der Waals surface area contributed by atoms with E-state index >= 15 is 0 Å². The molecule has 1 aliphatic heterocycles. The van der Waals surface area contributed by atoms with Gasteiger partial charge in [0.2, 0.25) is 5.91 Å². The number of hydrogen-bond donors (Lipinski definition) is 1. The van der Waals surface area contributed by atoms with Crippen LogP contribution in [-0.4, -0.2) is 27.5 Å². The van der Waals surface area contributed by atoms with Gasteiger partial charge in [-0.1, -0.05) is 42.5 Å². The van der Waals surface area contributed by atoms with E-state index < -0.39 is 4.92 Å². The molecule has 3 rings (SSSR count). The van der Waals surface area contributed by atoms with Crippen molar-refractivity contribution in [1.29, 1.82) is 0 Å². The first-order valence-corrected chi connectivity index (χ1v) is 8.46. The summed E-state index contributed by atoms with van der Waals surface area (Å²) in [5, 5.41) is 18.9. The zero-order valence-electron chi connectivity index (χ0n) is 14.5. The maximum Gasteiger partial charge on any atom is 0.269 e. The van der Waals surface area contributed by atoms with Gasteiger partial charge in [0, 0.05) is 31.5 Å². The third-order valence-electron chi connectivity index (χ3n) is 4.14. The maximum atomic E-state index is 12.4. The van der Waals surface area contributed by atoms with E-state index in [1.54, 1.807) is 12.1 Å². The third-order valence-corrected chi connectivity index (χ3v) is 4.14. The van der Waals surface area contributed by atoms with Crippen LogP contribution in [0.4, 0.5) is 5.69 Å². The fourth-order valence-corrected chi connectivity index (χ4v) is 2.66. The number of nitrogens with zero attached hydrogens (tertiary/aromatic N) is 3. The molecule has 0 spiro atoms. The van der Waals surface area contributed by atoms with Crippen molar-refractivity contribution in [3.8, 4) is 0 Å². The lowest BCUT2D eigenvalue weighted by molar-refractivity contribution is -0.384. The zero-order chi connectivity index (χ0) is 19.2. The molecule has 0 fully saturated rings. The molecule has 1 heterocycles. The second-order valence-corrected chi connectivity index (χ2v) is 6.09. The Labute approximate surface area is 155 Å². The van der Waals surface area contributed by atoms with Gasteiger partial charge in [-0.25, -0.2) is 5.01 Å². The Balaban J connectivity index is 1.62. The largest absolute Gasteiger partial charge is 0.347 e. The molecule has 0 radical (unpaired) electrons. The molecule has 2 amide bonds. The molecular weight excluding hydrogens is 348 g/mol. The van der Waals surface area contributed by atoms with Gasteiger partial charge in [0.05, 0.1) is 11.5 Å². The average Bonchev–Trinajstić information content (AvgIpc) is 2.69. The van der Waals surface area contributed by atoms with Crippen molar-refractivity contribution in [2.45, 2.75) is 25.9 Å². The molecular formula is C19H18N4O4. The van der Waals surface area contributed by atoms with Gasteiger partial charge in [0.1, 0.15) is 5.71 Å². The summed E-state index contributed by atoms with van der Waals surface area (Å²) in [7, 11) is 0. The van der Waals surface area contributed by atoms with E-state index in [0.717, 1.165) is 11.1 Å². The number of nitro benzene ring substituents is 1. The summed E-state index contributed by atoms with van der Waals surface area (Å²) in [6, 6.07) is 15.4. The second kappa shape index (κ2) is 8.22. The molecule has 0 aromatic heterocycles. The molecule has 1 aliphatic rings. The van der Waals surface area contributed by atoms with Gasteiger partial charge < -0.3 is 5.32 Å². The summed E-state index contributed by atoms with van der Waals surface area (Å²) in [5.74, 6) is -0.468. The Hall–Kier alpha value is -3.55. The van der Waals surface area contributed by atoms with Crippen molar-refractivity contribution in [2.24, 2.45) is 5.10 Å². The highest BCUT2D eigenvalue weighted by Gasteiger charge is 2.24. The van der Waals surface area contributed by atoms with E-state index in [1.165, 1.54) is 17.1 Å². The van der Waals surface area contributed by atoms with Crippen LogP contribution in [0, 0.1) is 10.1 Å². The van der Waals surface area contributed by atoms with Crippen LogP contribution in [-0.2, 0) is 22.7 Å². The minimum absolute atomic E-state index is 0.00296. The normalized spacial score (nSPS) is 13.9. The van der Waals surface area contributed by atoms with Crippen molar-refractivity contribution in [2.75, 3.05) is 0 Å². The van der Waals surface area contributed by atoms with Crippen LogP contribution in [0.2, 0.25) is 0 Å². The first kappa shape index (κ1) is 18.2. The van der Waals surface area contributed by atoms with E-state index in [1.807, 2.05) is 30.3 Å². The van der Waals surface area contributed by atoms with Crippen LogP contribution >= 0.6 is 0 Å². The molecule has 2 aromatic rings. The van der Waals surface area contributed by atoms with E-state index in [-0.39, 0.29) is 36.9 Å². The van der Waals surface area contributed by atoms with E-state index in [9.17, 15) is 19.7 Å². The second-order valence-electron chi connectivity index (χ2n) is 6.09. The molecule has 1 N–H and O–H groups in total. The molecule has 8 nitrogen and oxygen atoms in total. The number of nitro groups is 1. The van der Waals surface area contributed by atoms with Crippen molar-refractivity contribution in [1.82, 2.24) is 10.3 Å². The summed E-state index contributed by atoms with van der Waals surface area (Å²) < 4.78 is 0. The first-order chi connectivity index (χ1) is 13.0. The van der Waals surface area contributed by atoms with Gasteiger partial charge >= 0.3 is 0 Å². The smallest absolute Gasteiger partial charge is 0.269 e. The molecule has 8 heteroatoms. The molecule has 2 aromatic carbocycles. The zero-order valence-corrected chi connectivity index (χ0v) is 14.5. The highest BCUT2D eigenvalue weighted by Crippen LogP contribution is 2.14. The standard InChI is InChI=1S/C19H18N4O4/c24-18-11-10-17(21-22(18)13-15-4-2-1-3-5-15)19(25)20-12-14-6-8-16(9-7-14)23(26)27/h1-9H,10-13H2,(H,20,25). The fraction of sp³-hybridized carbons (Fsp3) is 0.211. The lowest BCUT2D eigenvalue weighted by Gasteiger charge is -2.23. The fourth-order valence-electron chi connectivity index (χ4n) is 2.66. The van der Waals surface area contributed by atoms with Crippen LogP contribution < -0.4 is 5.32 Å². The lowest BCUT2D eigenvalue weighted by atomic mass is 10.1. The highest BCUT2D eigenvalue weighted by atomic mass is 16.6. The molecule has 138 valence electrons. The lowest BCUT2D eigenvalue weighted by Crippen LogP contribution is -2.38. The van der Waals surface area contributed by atoms with Crippen LogP contribution in [0.1, 0.15) is 24.0 Å². The van der Waals surface area contributed by atoms with Crippen molar-refractivity contribution >= 4 is 23.2 Å². The minimum atomic E-state index is -0.475. The molecule has 0 saturated heterocycles. The number of nitrogens with one attached hydrogen (secondary N) is 1. The number of amides is 2. The quantitative estimate of drug-likeness (QED) is 0.626. The van der Waals surface area contributed by atoms with E-state index in [4.69, 9.17) is 0 Å². The predicted octanol–water partition coefficient (Wildman–Crippen LogP) is 2.39. The first-order valence-electron chi connectivity index (χ1n) is 8.46. The van der Waals surface area contributed by atoms with Gasteiger partial charge in [-0.15, -0.1) is 0 Å². The van der Waals surface area contributed by atoms with Gasteiger partial charge in [0.15, 0.2) is 0 Å². The Morgan fingerprint density at radius 1 is 1.07 bits per heavy atom. The maximum absolute atomic E-state index is 12.4. The monoisotopic (exact) mass is 366 g/mol. The Bertz CT molecular complexity index is 878. The van der Waals surface area contributed by atoms with Gasteiger partial charge in [0.25, 0.3) is 11.6 Å². The number of hydrogen-bond acceptors (Lipinski definition) is 5. The van der Waals surface area contributed by atoms with E-state index in [2.05, 4.69) is 10.4 Å². The van der Waals surface area contributed by atoms with E-state index in [0.29, 0.717) is 12.3 Å².